The van der Waals surface area contributed by atoms with Gasteiger partial charge in [-0.1, -0.05) is 18.2 Å². The number of hydrogen-bond donors (Lipinski definition) is 1. The van der Waals surface area contributed by atoms with Crippen LogP contribution in [0.25, 0.3) is 0 Å². The fourth-order valence-corrected chi connectivity index (χ4v) is 2.93. The van der Waals surface area contributed by atoms with Crippen LogP contribution in [0.3, 0.4) is 0 Å². The minimum atomic E-state index is -0.261. The Balaban J connectivity index is 1.87. The van der Waals surface area contributed by atoms with Gasteiger partial charge in [0.25, 0.3) is 0 Å². The van der Waals surface area contributed by atoms with Crippen LogP contribution < -0.4 is 5.32 Å². The molecule has 1 aliphatic rings. The van der Waals surface area contributed by atoms with E-state index in [4.69, 9.17) is 0 Å². The Hall–Kier alpha value is -1.03. The molecule has 0 bridgehead atoms. The normalized spacial score (nSPS) is 19.7. The van der Waals surface area contributed by atoms with Crippen molar-refractivity contribution in [2.24, 2.45) is 5.92 Å². The van der Waals surface area contributed by atoms with Gasteiger partial charge in [0, 0.05) is 23.8 Å². The van der Waals surface area contributed by atoms with Gasteiger partial charge in [-0.2, -0.15) is 11.8 Å². The first-order valence-corrected chi connectivity index (χ1v) is 6.51. The zero-order chi connectivity index (χ0) is 11.4. The highest BCUT2D eigenvalue weighted by molar-refractivity contribution is 7.99. The summed E-state index contributed by atoms with van der Waals surface area (Å²) >= 11 is 1.80. The first-order chi connectivity index (χ1) is 7.77. The molecule has 1 saturated heterocycles. The van der Waals surface area contributed by atoms with E-state index in [2.05, 4.69) is 5.32 Å². The third kappa shape index (κ3) is 2.76. The summed E-state index contributed by atoms with van der Waals surface area (Å²) < 4.78 is 13.3. The Morgan fingerprint density at radius 3 is 3.00 bits per heavy atom. The van der Waals surface area contributed by atoms with E-state index in [-0.39, 0.29) is 24.2 Å². The molecular weight excluding hydrogens is 225 g/mol. The molecule has 0 saturated carbocycles. The molecule has 1 aliphatic heterocycles. The largest absolute Gasteiger partial charge is 0.352 e. The van der Waals surface area contributed by atoms with Crippen molar-refractivity contribution in [3.05, 3.63) is 35.6 Å². The lowest BCUT2D eigenvalue weighted by Gasteiger charge is -2.10. The maximum atomic E-state index is 13.3. The lowest BCUT2D eigenvalue weighted by atomic mass is 10.1. The molecule has 1 N–H and O–H groups in total. The molecule has 0 spiro atoms. The predicted octanol–water partition coefficient (Wildman–Crippen LogP) is 2.20. The highest BCUT2D eigenvalue weighted by atomic mass is 32.2. The van der Waals surface area contributed by atoms with Crippen LogP contribution in [0.1, 0.15) is 12.0 Å². The summed E-state index contributed by atoms with van der Waals surface area (Å²) in [5, 5.41) is 2.79. The van der Waals surface area contributed by atoms with Gasteiger partial charge >= 0.3 is 0 Å². The number of benzene rings is 1. The van der Waals surface area contributed by atoms with Crippen LogP contribution in [-0.4, -0.2) is 17.4 Å². The Kier molecular flexibility index (Phi) is 3.83. The third-order valence-corrected chi connectivity index (χ3v) is 3.87. The molecule has 2 rings (SSSR count). The molecule has 1 fully saturated rings. The summed E-state index contributed by atoms with van der Waals surface area (Å²) in [4.78, 5) is 11.7. The van der Waals surface area contributed by atoms with E-state index in [1.54, 1.807) is 30.0 Å². The van der Waals surface area contributed by atoms with Crippen molar-refractivity contribution in [3.63, 3.8) is 0 Å². The van der Waals surface area contributed by atoms with Gasteiger partial charge < -0.3 is 5.32 Å². The maximum Gasteiger partial charge on any atom is 0.224 e. The summed E-state index contributed by atoms with van der Waals surface area (Å²) in [7, 11) is 0. The second kappa shape index (κ2) is 5.34. The number of rotatable bonds is 3. The monoisotopic (exact) mass is 239 g/mol. The van der Waals surface area contributed by atoms with Gasteiger partial charge in [0.1, 0.15) is 5.82 Å². The van der Waals surface area contributed by atoms with Crippen molar-refractivity contribution in [2.45, 2.75) is 13.0 Å². The standard InChI is InChI=1S/C12H14FNOS/c13-11-4-2-1-3-9(11)7-14-12(15)10-5-6-16-8-10/h1-4,10H,5-8H2,(H,14,15). The molecule has 1 aromatic carbocycles. The maximum absolute atomic E-state index is 13.3. The Morgan fingerprint density at radius 1 is 1.50 bits per heavy atom. The quantitative estimate of drug-likeness (QED) is 0.876. The topological polar surface area (TPSA) is 29.1 Å². The summed E-state index contributed by atoms with van der Waals surface area (Å²) in [5.41, 5.74) is 0.543. The number of nitrogens with one attached hydrogen (secondary N) is 1. The fraction of sp³-hybridized carbons (Fsp3) is 0.417. The fourth-order valence-electron chi connectivity index (χ4n) is 1.71. The van der Waals surface area contributed by atoms with Gasteiger partial charge in [0.2, 0.25) is 5.91 Å². The summed E-state index contributed by atoms with van der Waals surface area (Å²) in [6, 6.07) is 6.52. The predicted molar refractivity (Wildman–Crippen MR) is 63.7 cm³/mol. The molecule has 1 unspecified atom stereocenters. The van der Waals surface area contributed by atoms with E-state index < -0.39 is 0 Å². The number of halogens is 1. The van der Waals surface area contributed by atoms with Crippen molar-refractivity contribution < 1.29 is 9.18 Å². The first-order valence-electron chi connectivity index (χ1n) is 5.36. The van der Waals surface area contributed by atoms with Crippen LogP contribution in [0.5, 0.6) is 0 Å². The molecule has 0 radical (unpaired) electrons. The van der Waals surface area contributed by atoms with Gasteiger partial charge in [0.15, 0.2) is 0 Å². The molecule has 86 valence electrons. The Morgan fingerprint density at radius 2 is 2.31 bits per heavy atom. The number of thioether (sulfide) groups is 1. The van der Waals surface area contributed by atoms with E-state index in [9.17, 15) is 9.18 Å². The van der Waals surface area contributed by atoms with Crippen molar-refractivity contribution in [2.75, 3.05) is 11.5 Å². The van der Waals surface area contributed by atoms with Gasteiger partial charge in [-0.3, -0.25) is 4.79 Å². The lowest BCUT2D eigenvalue weighted by Crippen LogP contribution is -2.30. The van der Waals surface area contributed by atoms with Crippen LogP contribution in [-0.2, 0) is 11.3 Å². The van der Waals surface area contributed by atoms with Gasteiger partial charge in [0.05, 0.1) is 0 Å². The second-order valence-electron chi connectivity index (χ2n) is 3.87. The zero-order valence-electron chi connectivity index (χ0n) is 8.91. The Bertz CT molecular complexity index is 377. The number of hydrogen-bond acceptors (Lipinski definition) is 2. The highest BCUT2D eigenvalue weighted by Gasteiger charge is 2.22. The van der Waals surface area contributed by atoms with Crippen LogP contribution in [0, 0.1) is 11.7 Å². The zero-order valence-corrected chi connectivity index (χ0v) is 9.73. The van der Waals surface area contributed by atoms with Crippen molar-refractivity contribution in [1.29, 1.82) is 0 Å². The minimum absolute atomic E-state index is 0.0493. The smallest absolute Gasteiger partial charge is 0.224 e. The second-order valence-corrected chi connectivity index (χ2v) is 5.02. The van der Waals surface area contributed by atoms with Crippen LogP contribution in [0.2, 0.25) is 0 Å². The SMILES string of the molecule is O=C(NCc1ccccc1F)C1CCSC1. The number of carbonyl (C=O) groups is 1. The van der Waals surface area contributed by atoms with E-state index >= 15 is 0 Å². The molecule has 1 amide bonds. The van der Waals surface area contributed by atoms with Gasteiger partial charge in [-0.05, 0) is 18.2 Å². The summed E-state index contributed by atoms with van der Waals surface area (Å²) in [6.45, 7) is 0.284. The molecule has 16 heavy (non-hydrogen) atoms. The average Bonchev–Trinajstić information content (AvgIpc) is 2.81. The third-order valence-electron chi connectivity index (χ3n) is 2.71. The molecule has 1 aromatic rings. The van der Waals surface area contributed by atoms with Crippen LogP contribution >= 0.6 is 11.8 Å². The van der Waals surface area contributed by atoms with Crippen LogP contribution in [0.15, 0.2) is 24.3 Å². The van der Waals surface area contributed by atoms with E-state index in [1.807, 2.05) is 0 Å². The highest BCUT2D eigenvalue weighted by Crippen LogP contribution is 2.23. The molecule has 0 aromatic heterocycles. The molecule has 2 nitrogen and oxygen atoms in total. The molecule has 4 heteroatoms. The lowest BCUT2D eigenvalue weighted by molar-refractivity contribution is -0.124. The van der Waals surface area contributed by atoms with E-state index in [0.29, 0.717) is 5.56 Å². The molecule has 1 atom stereocenters. The molecule has 1 heterocycles. The van der Waals surface area contributed by atoms with Crippen molar-refractivity contribution in [1.82, 2.24) is 5.32 Å². The van der Waals surface area contributed by atoms with Crippen molar-refractivity contribution in [3.8, 4) is 0 Å². The van der Waals surface area contributed by atoms with Crippen molar-refractivity contribution >= 4 is 17.7 Å². The number of amides is 1. The number of carbonyl (C=O) groups excluding carboxylic acids is 1. The van der Waals surface area contributed by atoms with E-state index in [0.717, 1.165) is 17.9 Å². The summed E-state index contributed by atoms with van der Waals surface area (Å²) in [6.07, 6.45) is 0.938. The first kappa shape index (κ1) is 11.5. The Labute approximate surface area is 98.6 Å². The average molecular weight is 239 g/mol. The van der Waals surface area contributed by atoms with E-state index in [1.165, 1.54) is 6.07 Å². The molecule has 0 aliphatic carbocycles. The minimum Gasteiger partial charge on any atom is -0.352 e. The van der Waals surface area contributed by atoms with Gasteiger partial charge in [-0.25, -0.2) is 4.39 Å². The summed E-state index contributed by atoms with van der Waals surface area (Å²) in [5.74, 6) is 1.84. The van der Waals surface area contributed by atoms with Crippen LogP contribution in [0.4, 0.5) is 4.39 Å². The molecular formula is C12H14FNOS. The van der Waals surface area contributed by atoms with Gasteiger partial charge in [-0.15, -0.1) is 0 Å².